The van der Waals surface area contributed by atoms with E-state index >= 15 is 0 Å². The molecule has 3 rings (SSSR count). The van der Waals surface area contributed by atoms with Crippen LogP contribution in [0.5, 0.6) is 0 Å². The molecule has 0 bridgehead atoms. The number of piperazine rings is 1. The Morgan fingerprint density at radius 2 is 1.52 bits per heavy atom. The van der Waals surface area contributed by atoms with Gasteiger partial charge in [-0.15, -0.1) is 0 Å². The number of nitrogens with zero attached hydrogens (tertiary/aromatic N) is 3. The van der Waals surface area contributed by atoms with E-state index in [9.17, 15) is 18.0 Å². The average molecular weight is 400 g/mol. The first-order valence-corrected chi connectivity index (χ1v) is 12.1. The molecule has 2 aliphatic heterocycles. The molecule has 0 N–H and O–H groups in total. The summed E-state index contributed by atoms with van der Waals surface area (Å²) in [4.78, 5) is 29.0. The molecule has 2 amide bonds. The molecule has 1 unspecified atom stereocenters. The maximum Gasteiger partial charge on any atom is 0.241 e. The fourth-order valence-electron chi connectivity index (χ4n) is 4.67. The molecule has 1 saturated carbocycles. The van der Waals surface area contributed by atoms with Crippen LogP contribution in [0.25, 0.3) is 0 Å². The standard InChI is InChI=1S/C19H33N3O4S/c1-2-14-27(25,26)22-9-5-8-17(22)19(24)21-12-10-20(11-13-21)18(23)15-16-6-3-4-7-16/h16-17H,2-15H2,1H3. The third kappa shape index (κ3) is 4.83. The van der Waals surface area contributed by atoms with Crippen molar-refractivity contribution in [2.24, 2.45) is 5.92 Å². The molecule has 1 atom stereocenters. The van der Waals surface area contributed by atoms with Crippen LogP contribution in [0.2, 0.25) is 0 Å². The molecular weight excluding hydrogens is 366 g/mol. The van der Waals surface area contributed by atoms with Crippen LogP contribution in [0.1, 0.15) is 58.3 Å². The minimum Gasteiger partial charge on any atom is -0.339 e. The van der Waals surface area contributed by atoms with Gasteiger partial charge in [-0.25, -0.2) is 8.42 Å². The number of rotatable bonds is 6. The Morgan fingerprint density at radius 3 is 2.15 bits per heavy atom. The van der Waals surface area contributed by atoms with Gasteiger partial charge in [0.15, 0.2) is 0 Å². The predicted octanol–water partition coefficient (Wildman–Crippen LogP) is 1.44. The van der Waals surface area contributed by atoms with Gasteiger partial charge < -0.3 is 9.80 Å². The molecule has 3 fully saturated rings. The molecule has 0 aromatic rings. The maximum atomic E-state index is 12.9. The van der Waals surface area contributed by atoms with Gasteiger partial charge in [0.25, 0.3) is 0 Å². The zero-order valence-electron chi connectivity index (χ0n) is 16.4. The molecule has 2 heterocycles. The van der Waals surface area contributed by atoms with Gasteiger partial charge in [0.1, 0.15) is 6.04 Å². The fraction of sp³-hybridized carbons (Fsp3) is 0.895. The van der Waals surface area contributed by atoms with E-state index in [2.05, 4.69) is 0 Å². The number of sulfonamides is 1. The van der Waals surface area contributed by atoms with E-state index in [0.29, 0.717) is 57.9 Å². The molecule has 0 aromatic heterocycles. The van der Waals surface area contributed by atoms with Gasteiger partial charge in [-0.3, -0.25) is 9.59 Å². The first-order valence-electron chi connectivity index (χ1n) is 10.5. The molecule has 27 heavy (non-hydrogen) atoms. The zero-order chi connectivity index (χ0) is 19.4. The lowest BCUT2D eigenvalue weighted by Gasteiger charge is -2.37. The van der Waals surface area contributed by atoms with Gasteiger partial charge in [-0.2, -0.15) is 4.31 Å². The van der Waals surface area contributed by atoms with Crippen molar-refractivity contribution >= 4 is 21.8 Å². The van der Waals surface area contributed by atoms with Crippen LogP contribution in [-0.4, -0.2) is 78.9 Å². The molecule has 0 aromatic carbocycles. The van der Waals surface area contributed by atoms with Crippen molar-refractivity contribution < 1.29 is 18.0 Å². The SMILES string of the molecule is CCCS(=O)(=O)N1CCCC1C(=O)N1CCN(C(=O)CC2CCCC2)CC1. The van der Waals surface area contributed by atoms with Gasteiger partial charge in [-0.1, -0.05) is 19.8 Å². The highest BCUT2D eigenvalue weighted by Crippen LogP contribution is 2.28. The van der Waals surface area contributed by atoms with E-state index in [1.54, 1.807) is 4.90 Å². The summed E-state index contributed by atoms with van der Waals surface area (Å²) in [5.74, 6) is 0.755. The maximum absolute atomic E-state index is 12.9. The minimum absolute atomic E-state index is 0.0879. The number of carbonyl (C=O) groups is 2. The van der Waals surface area contributed by atoms with Crippen molar-refractivity contribution in [3.05, 3.63) is 0 Å². The smallest absolute Gasteiger partial charge is 0.241 e. The number of hydrogen-bond acceptors (Lipinski definition) is 4. The number of carbonyl (C=O) groups excluding carboxylic acids is 2. The van der Waals surface area contributed by atoms with Crippen molar-refractivity contribution in [2.45, 2.75) is 64.3 Å². The van der Waals surface area contributed by atoms with Gasteiger partial charge in [0, 0.05) is 39.1 Å². The summed E-state index contributed by atoms with van der Waals surface area (Å²) in [5, 5.41) is 0. The Labute approximate surface area is 163 Å². The van der Waals surface area contributed by atoms with E-state index in [4.69, 9.17) is 0 Å². The van der Waals surface area contributed by atoms with E-state index in [0.717, 1.165) is 19.3 Å². The number of hydrogen-bond donors (Lipinski definition) is 0. The van der Waals surface area contributed by atoms with Gasteiger partial charge in [0.05, 0.1) is 5.75 Å². The van der Waals surface area contributed by atoms with Crippen molar-refractivity contribution in [1.29, 1.82) is 0 Å². The van der Waals surface area contributed by atoms with Crippen molar-refractivity contribution in [3.8, 4) is 0 Å². The Balaban J connectivity index is 1.52. The molecule has 8 heteroatoms. The van der Waals surface area contributed by atoms with Gasteiger partial charge >= 0.3 is 0 Å². The van der Waals surface area contributed by atoms with Gasteiger partial charge in [-0.05, 0) is 38.0 Å². The summed E-state index contributed by atoms with van der Waals surface area (Å²) in [6.07, 6.45) is 7.32. The monoisotopic (exact) mass is 399 g/mol. The molecule has 7 nitrogen and oxygen atoms in total. The molecular formula is C19H33N3O4S. The molecule has 0 spiro atoms. The van der Waals surface area contributed by atoms with Crippen LogP contribution in [-0.2, 0) is 19.6 Å². The normalized spacial score (nSPS) is 25.3. The van der Waals surface area contributed by atoms with E-state index in [1.807, 2.05) is 11.8 Å². The molecule has 1 aliphatic carbocycles. The topological polar surface area (TPSA) is 78.0 Å². The summed E-state index contributed by atoms with van der Waals surface area (Å²) >= 11 is 0. The van der Waals surface area contributed by atoms with E-state index in [1.165, 1.54) is 17.1 Å². The lowest BCUT2D eigenvalue weighted by Crippen LogP contribution is -2.55. The number of amides is 2. The first-order chi connectivity index (χ1) is 12.9. The zero-order valence-corrected chi connectivity index (χ0v) is 17.3. The quantitative estimate of drug-likeness (QED) is 0.677. The van der Waals surface area contributed by atoms with Crippen molar-refractivity contribution in [2.75, 3.05) is 38.5 Å². The largest absolute Gasteiger partial charge is 0.339 e. The average Bonchev–Trinajstić information content (AvgIpc) is 3.33. The highest BCUT2D eigenvalue weighted by molar-refractivity contribution is 7.89. The first kappa shape index (κ1) is 20.6. The molecule has 0 radical (unpaired) electrons. The van der Waals surface area contributed by atoms with E-state index in [-0.39, 0.29) is 17.6 Å². The van der Waals surface area contributed by atoms with E-state index < -0.39 is 16.1 Å². The third-order valence-corrected chi connectivity index (χ3v) is 8.27. The summed E-state index contributed by atoms with van der Waals surface area (Å²) in [6.45, 7) is 4.42. The lowest BCUT2D eigenvalue weighted by molar-refractivity contribution is -0.142. The van der Waals surface area contributed by atoms with Crippen LogP contribution in [0.4, 0.5) is 0 Å². The van der Waals surface area contributed by atoms with Crippen LogP contribution in [0.3, 0.4) is 0 Å². The fourth-order valence-corrected chi connectivity index (χ4v) is 6.41. The molecule has 3 aliphatic rings. The summed E-state index contributed by atoms with van der Waals surface area (Å²) < 4.78 is 26.3. The van der Waals surface area contributed by atoms with Crippen LogP contribution in [0.15, 0.2) is 0 Å². The Morgan fingerprint density at radius 1 is 0.889 bits per heavy atom. The highest BCUT2D eigenvalue weighted by atomic mass is 32.2. The Hall–Kier alpha value is -1.15. The van der Waals surface area contributed by atoms with Crippen LogP contribution >= 0.6 is 0 Å². The molecule has 2 saturated heterocycles. The highest BCUT2D eigenvalue weighted by Gasteiger charge is 2.40. The Bertz CT molecular complexity index is 637. The van der Waals surface area contributed by atoms with Crippen LogP contribution in [0, 0.1) is 5.92 Å². The second-order valence-electron chi connectivity index (χ2n) is 8.15. The van der Waals surface area contributed by atoms with Crippen molar-refractivity contribution in [3.63, 3.8) is 0 Å². The third-order valence-electron chi connectivity index (χ3n) is 6.19. The summed E-state index contributed by atoms with van der Waals surface area (Å²) in [5.41, 5.74) is 0. The summed E-state index contributed by atoms with van der Waals surface area (Å²) in [6, 6.07) is -0.553. The second kappa shape index (κ2) is 8.90. The second-order valence-corrected chi connectivity index (χ2v) is 10.2. The Kier molecular flexibility index (Phi) is 6.78. The predicted molar refractivity (Wildman–Crippen MR) is 104 cm³/mol. The molecule has 154 valence electrons. The van der Waals surface area contributed by atoms with Gasteiger partial charge in [0.2, 0.25) is 21.8 Å². The van der Waals surface area contributed by atoms with Crippen molar-refractivity contribution in [1.82, 2.24) is 14.1 Å². The van der Waals surface area contributed by atoms with Crippen LogP contribution < -0.4 is 0 Å². The lowest BCUT2D eigenvalue weighted by atomic mass is 10.0. The minimum atomic E-state index is -3.36. The summed E-state index contributed by atoms with van der Waals surface area (Å²) in [7, 11) is -3.36.